The van der Waals surface area contributed by atoms with Crippen molar-refractivity contribution in [1.29, 1.82) is 0 Å². The first-order valence-electron chi connectivity index (χ1n) is 8.83. The quantitative estimate of drug-likeness (QED) is 0.717. The number of nitrogens with zero attached hydrogens (tertiary/aromatic N) is 1. The SMILES string of the molecule is CCCC[C@H](C(=O)N(C)c1cccc(OC)c1)[C@@H](O)c1ccc(Cl)cc1. The van der Waals surface area contributed by atoms with Crippen LogP contribution in [-0.2, 0) is 4.79 Å². The van der Waals surface area contributed by atoms with Crippen LogP contribution in [-0.4, -0.2) is 25.2 Å². The van der Waals surface area contributed by atoms with E-state index in [9.17, 15) is 9.90 Å². The topological polar surface area (TPSA) is 49.8 Å². The molecule has 1 N–H and O–H groups in total. The van der Waals surface area contributed by atoms with Crippen molar-refractivity contribution in [3.05, 3.63) is 59.1 Å². The maximum absolute atomic E-state index is 13.1. The summed E-state index contributed by atoms with van der Waals surface area (Å²) in [4.78, 5) is 14.7. The average Bonchev–Trinajstić information content (AvgIpc) is 2.67. The number of carbonyl (C=O) groups is 1. The zero-order valence-corrected chi connectivity index (χ0v) is 16.2. The maximum Gasteiger partial charge on any atom is 0.232 e. The summed E-state index contributed by atoms with van der Waals surface area (Å²) in [6.45, 7) is 2.07. The lowest BCUT2D eigenvalue weighted by Gasteiger charge is -2.28. The Morgan fingerprint density at radius 2 is 1.92 bits per heavy atom. The fourth-order valence-electron chi connectivity index (χ4n) is 2.93. The Morgan fingerprint density at radius 1 is 1.23 bits per heavy atom. The first-order chi connectivity index (χ1) is 12.5. The van der Waals surface area contributed by atoms with Crippen molar-refractivity contribution < 1.29 is 14.6 Å². The van der Waals surface area contributed by atoms with Crippen LogP contribution in [0.2, 0.25) is 5.02 Å². The van der Waals surface area contributed by atoms with E-state index in [2.05, 4.69) is 6.92 Å². The van der Waals surface area contributed by atoms with Crippen molar-refractivity contribution in [2.45, 2.75) is 32.3 Å². The second kappa shape index (κ2) is 9.60. The molecule has 2 aromatic rings. The van der Waals surface area contributed by atoms with Crippen LogP contribution in [0.4, 0.5) is 5.69 Å². The molecule has 2 aromatic carbocycles. The van der Waals surface area contributed by atoms with E-state index in [1.807, 2.05) is 24.3 Å². The van der Waals surface area contributed by atoms with Gasteiger partial charge < -0.3 is 14.7 Å². The fraction of sp³-hybridized carbons (Fsp3) is 0.381. The highest BCUT2D eigenvalue weighted by Gasteiger charge is 2.30. The van der Waals surface area contributed by atoms with Crippen molar-refractivity contribution in [1.82, 2.24) is 0 Å². The summed E-state index contributed by atoms with van der Waals surface area (Å²) in [5.74, 6) is 0.0481. The summed E-state index contributed by atoms with van der Waals surface area (Å²) in [7, 11) is 3.32. The Balaban J connectivity index is 2.26. The average molecular weight is 376 g/mol. The van der Waals surface area contributed by atoms with Gasteiger partial charge in [-0.05, 0) is 36.2 Å². The Hall–Kier alpha value is -2.04. The van der Waals surface area contributed by atoms with E-state index in [0.717, 1.165) is 18.5 Å². The minimum absolute atomic E-state index is 0.117. The van der Waals surface area contributed by atoms with E-state index in [1.54, 1.807) is 43.3 Å². The van der Waals surface area contributed by atoms with Crippen LogP contribution >= 0.6 is 11.6 Å². The van der Waals surface area contributed by atoms with Crippen LogP contribution in [0.1, 0.15) is 37.9 Å². The van der Waals surface area contributed by atoms with Crippen LogP contribution in [0, 0.1) is 5.92 Å². The number of unbranched alkanes of at least 4 members (excludes halogenated alkanes) is 1. The molecule has 0 saturated heterocycles. The van der Waals surface area contributed by atoms with E-state index in [1.165, 1.54) is 0 Å². The number of amides is 1. The number of carbonyl (C=O) groups excluding carboxylic acids is 1. The lowest BCUT2D eigenvalue weighted by Crippen LogP contribution is -2.36. The second-order valence-electron chi connectivity index (χ2n) is 6.34. The summed E-state index contributed by atoms with van der Waals surface area (Å²) in [6, 6.07) is 14.3. The van der Waals surface area contributed by atoms with Crippen LogP contribution in [0.25, 0.3) is 0 Å². The van der Waals surface area contributed by atoms with Gasteiger partial charge in [0.1, 0.15) is 5.75 Å². The number of hydrogen-bond donors (Lipinski definition) is 1. The number of aliphatic hydroxyl groups is 1. The summed E-state index contributed by atoms with van der Waals surface area (Å²) in [6.07, 6.45) is 1.57. The van der Waals surface area contributed by atoms with Gasteiger partial charge in [0.15, 0.2) is 0 Å². The summed E-state index contributed by atoms with van der Waals surface area (Å²) < 4.78 is 5.24. The number of halogens is 1. The molecule has 4 nitrogen and oxygen atoms in total. The smallest absolute Gasteiger partial charge is 0.232 e. The first-order valence-corrected chi connectivity index (χ1v) is 9.20. The molecule has 0 radical (unpaired) electrons. The summed E-state index contributed by atoms with van der Waals surface area (Å²) in [5, 5.41) is 11.5. The van der Waals surface area contributed by atoms with E-state index >= 15 is 0 Å². The highest BCUT2D eigenvalue weighted by Crippen LogP contribution is 2.31. The number of rotatable bonds is 8. The van der Waals surface area contributed by atoms with Gasteiger partial charge in [-0.3, -0.25) is 4.79 Å². The van der Waals surface area contributed by atoms with Crippen molar-refractivity contribution in [2.75, 3.05) is 19.1 Å². The van der Waals surface area contributed by atoms with E-state index < -0.39 is 12.0 Å². The van der Waals surface area contributed by atoms with Gasteiger partial charge in [-0.15, -0.1) is 0 Å². The summed E-state index contributed by atoms with van der Waals surface area (Å²) in [5.41, 5.74) is 1.43. The van der Waals surface area contributed by atoms with Crippen LogP contribution in [0.5, 0.6) is 5.75 Å². The van der Waals surface area contributed by atoms with Gasteiger partial charge in [-0.25, -0.2) is 0 Å². The first kappa shape index (κ1) is 20.3. The lowest BCUT2D eigenvalue weighted by atomic mass is 9.89. The molecular formula is C21H26ClNO3. The van der Waals surface area contributed by atoms with Crippen molar-refractivity contribution in [3.8, 4) is 5.75 Å². The zero-order valence-electron chi connectivity index (χ0n) is 15.5. The Morgan fingerprint density at radius 3 is 2.54 bits per heavy atom. The van der Waals surface area contributed by atoms with E-state index in [4.69, 9.17) is 16.3 Å². The standard InChI is InChI=1S/C21H26ClNO3/c1-4-5-9-19(20(24)15-10-12-16(22)13-11-15)21(25)23(2)17-7-6-8-18(14-17)26-3/h6-8,10-14,19-20,24H,4-5,9H2,1-3H3/t19-,20-/m0/s1. The number of benzene rings is 2. The highest BCUT2D eigenvalue weighted by atomic mass is 35.5. The van der Waals surface area contributed by atoms with Gasteiger partial charge in [0.05, 0.1) is 19.1 Å². The van der Waals surface area contributed by atoms with Crippen molar-refractivity contribution in [2.24, 2.45) is 5.92 Å². The molecule has 0 heterocycles. The molecule has 2 atom stereocenters. The molecule has 0 bridgehead atoms. The molecule has 0 spiro atoms. The molecular weight excluding hydrogens is 350 g/mol. The van der Waals surface area contributed by atoms with Gasteiger partial charge >= 0.3 is 0 Å². The monoisotopic (exact) mass is 375 g/mol. The number of ether oxygens (including phenoxy) is 1. The molecule has 0 fully saturated rings. The summed E-state index contributed by atoms with van der Waals surface area (Å²) >= 11 is 5.93. The molecule has 5 heteroatoms. The third-order valence-electron chi connectivity index (χ3n) is 4.55. The molecule has 0 saturated carbocycles. The van der Waals surface area contributed by atoms with Crippen LogP contribution in [0.3, 0.4) is 0 Å². The molecule has 0 aromatic heterocycles. The molecule has 0 unspecified atom stereocenters. The number of anilines is 1. The highest BCUT2D eigenvalue weighted by molar-refractivity contribution is 6.30. The minimum atomic E-state index is -0.876. The zero-order chi connectivity index (χ0) is 19.1. The van der Waals surface area contributed by atoms with Gasteiger partial charge in [0, 0.05) is 23.8 Å². The van der Waals surface area contributed by atoms with Gasteiger partial charge in [-0.1, -0.05) is 49.6 Å². The van der Waals surface area contributed by atoms with Crippen molar-refractivity contribution in [3.63, 3.8) is 0 Å². The molecule has 0 aliphatic heterocycles. The molecule has 1 amide bonds. The molecule has 26 heavy (non-hydrogen) atoms. The number of hydrogen-bond acceptors (Lipinski definition) is 3. The van der Waals surface area contributed by atoms with E-state index in [0.29, 0.717) is 22.8 Å². The lowest BCUT2D eigenvalue weighted by molar-refractivity contribution is -0.126. The Labute approximate surface area is 160 Å². The molecule has 0 aliphatic rings. The van der Waals surface area contributed by atoms with Crippen LogP contribution in [0.15, 0.2) is 48.5 Å². The molecule has 0 aliphatic carbocycles. The maximum atomic E-state index is 13.1. The van der Waals surface area contributed by atoms with E-state index in [-0.39, 0.29) is 5.91 Å². The van der Waals surface area contributed by atoms with Gasteiger partial charge in [-0.2, -0.15) is 0 Å². The molecule has 2 rings (SSSR count). The molecule has 140 valence electrons. The predicted octanol–water partition coefficient (Wildman–Crippen LogP) is 4.85. The Bertz CT molecular complexity index is 717. The van der Waals surface area contributed by atoms with Gasteiger partial charge in [0.25, 0.3) is 0 Å². The number of aliphatic hydroxyl groups excluding tert-OH is 1. The largest absolute Gasteiger partial charge is 0.497 e. The van der Waals surface area contributed by atoms with Gasteiger partial charge in [0.2, 0.25) is 5.91 Å². The van der Waals surface area contributed by atoms with Crippen LogP contribution < -0.4 is 9.64 Å². The second-order valence-corrected chi connectivity index (χ2v) is 6.78. The third-order valence-corrected chi connectivity index (χ3v) is 4.80. The fourth-order valence-corrected chi connectivity index (χ4v) is 3.05. The minimum Gasteiger partial charge on any atom is -0.497 e. The predicted molar refractivity (Wildman–Crippen MR) is 106 cm³/mol. The third kappa shape index (κ3) is 4.99. The Kier molecular flexibility index (Phi) is 7.49. The number of methoxy groups -OCH3 is 1. The van der Waals surface area contributed by atoms with Crippen molar-refractivity contribution >= 4 is 23.2 Å². The normalized spacial score (nSPS) is 13.1.